The Bertz CT molecular complexity index is 1120. The molecule has 1 N–H and O–H groups in total. The molecule has 166 valence electrons. The molecule has 4 heterocycles. The number of piperidine rings is 1. The second-order valence-electron chi connectivity index (χ2n) is 9.06. The molecule has 2 aliphatic heterocycles. The highest BCUT2D eigenvalue weighted by Crippen LogP contribution is 2.40. The molecule has 1 saturated heterocycles. The van der Waals surface area contributed by atoms with Crippen LogP contribution in [-0.4, -0.2) is 43.9 Å². The van der Waals surface area contributed by atoms with Crippen LogP contribution in [0.1, 0.15) is 36.9 Å². The lowest BCUT2D eigenvalue weighted by Crippen LogP contribution is -2.48. The maximum absolute atomic E-state index is 6.16. The van der Waals surface area contributed by atoms with Gasteiger partial charge in [0.15, 0.2) is 11.9 Å². The van der Waals surface area contributed by atoms with Crippen LogP contribution < -0.4 is 15.0 Å². The van der Waals surface area contributed by atoms with Gasteiger partial charge in [0.25, 0.3) is 0 Å². The molecule has 3 aliphatic rings. The first-order valence-electron chi connectivity index (χ1n) is 11.3. The molecule has 0 unspecified atom stereocenters. The molecule has 2 bridgehead atoms. The third-order valence-electron chi connectivity index (χ3n) is 6.91. The van der Waals surface area contributed by atoms with Gasteiger partial charge in [0.05, 0.1) is 0 Å². The van der Waals surface area contributed by atoms with E-state index in [1.807, 2.05) is 35.9 Å². The number of fused-ring (bicyclic) bond motifs is 3. The molecular weight excluding hydrogens is 426 g/mol. The van der Waals surface area contributed by atoms with Gasteiger partial charge in [0.1, 0.15) is 17.9 Å². The number of aromatic nitrogens is 5. The van der Waals surface area contributed by atoms with Crippen LogP contribution >= 0.6 is 11.6 Å². The molecular formula is C23H26ClN7O. The average Bonchev–Trinajstić information content (AvgIpc) is 3.40. The van der Waals surface area contributed by atoms with Crippen molar-refractivity contribution in [1.29, 1.82) is 0 Å². The Morgan fingerprint density at radius 1 is 1.09 bits per heavy atom. The van der Waals surface area contributed by atoms with E-state index >= 15 is 0 Å². The van der Waals surface area contributed by atoms with E-state index in [4.69, 9.17) is 26.4 Å². The number of aryl methyl sites for hydroxylation is 2. The van der Waals surface area contributed by atoms with E-state index in [-0.39, 0.29) is 6.10 Å². The van der Waals surface area contributed by atoms with Gasteiger partial charge in [-0.25, -0.2) is 14.6 Å². The molecule has 0 spiro atoms. The number of hydrogen-bond donors (Lipinski definition) is 1. The van der Waals surface area contributed by atoms with Crippen LogP contribution in [0.25, 0.3) is 0 Å². The second kappa shape index (κ2) is 7.92. The average molecular weight is 452 g/mol. The van der Waals surface area contributed by atoms with Crippen LogP contribution in [0.2, 0.25) is 5.02 Å². The summed E-state index contributed by atoms with van der Waals surface area (Å²) in [6.45, 7) is 4.83. The number of ether oxygens (including phenoxy) is 1. The Morgan fingerprint density at radius 3 is 2.72 bits per heavy atom. The van der Waals surface area contributed by atoms with E-state index in [0.717, 1.165) is 49.1 Å². The van der Waals surface area contributed by atoms with Gasteiger partial charge in [-0.1, -0.05) is 17.7 Å². The summed E-state index contributed by atoms with van der Waals surface area (Å²) in [5.74, 6) is 4.51. The molecule has 1 aromatic carbocycles. The Balaban J connectivity index is 1.14. The summed E-state index contributed by atoms with van der Waals surface area (Å²) in [4.78, 5) is 16.0. The minimum atomic E-state index is -0.101. The van der Waals surface area contributed by atoms with E-state index in [1.165, 1.54) is 12.8 Å². The second-order valence-corrected chi connectivity index (χ2v) is 9.50. The molecule has 0 amide bonds. The number of hydrogen-bond acceptors (Lipinski definition) is 7. The maximum Gasteiger partial charge on any atom is 0.242 e. The Kier molecular flexibility index (Phi) is 4.90. The van der Waals surface area contributed by atoms with Crippen molar-refractivity contribution in [3.05, 3.63) is 53.2 Å². The largest absolute Gasteiger partial charge is 0.482 e. The van der Waals surface area contributed by atoms with Crippen molar-refractivity contribution in [3.8, 4) is 5.75 Å². The summed E-state index contributed by atoms with van der Waals surface area (Å²) in [5.41, 5.74) is 1.01. The Hall–Kier alpha value is -2.87. The van der Waals surface area contributed by atoms with Gasteiger partial charge in [-0.05, 0) is 49.8 Å². The van der Waals surface area contributed by atoms with Crippen molar-refractivity contribution >= 4 is 23.4 Å². The lowest BCUT2D eigenvalue weighted by Gasteiger charge is -2.38. The molecule has 8 nitrogen and oxygen atoms in total. The van der Waals surface area contributed by atoms with Gasteiger partial charge in [-0.15, -0.1) is 5.10 Å². The molecule has 1 aliphatic carbocycles. The number of rotatable bonds is 5. The molecule has 3 aromatic rings. The van der Waals surface area contributed by atoms with Crippen molar-refractivity contribution in [3.63, 3.8) is 0 Å². The zero-order valence-electron chi connectivity index (χ0n) is 18.0. The first kappa shape index (κ1) is 19.8. The molecule has 32 heavy (non-hydrogen) atoms. The van der Waals surface area contributed by atoms with Gasteiger partial charge in [0.2, 0.25) is 5.95 Å². The highest BCUT2D eigenvalue weighted by molar-refractivity contribution is 6.30. The molecule has 9 heteroatoms. The Morgan fingerprint density at radius 2 is 1.94 bits per heavy atom. The van der Waals surface area contributed by atoms with Crippen molar-refractivity contribution in [1.82, 2.24) is 24.7 Å². The summed E-state index contributed by atoms with van der Waals surface area (Å²) in [6, 6.07) is 9.98. The van der Waals surface area contributed by atoms with Crippen LogP contribution in [-0.2, 0) is 6.54 Å². The normalized spacial score (nSPS) is 26.2. The summed E-state index contributed by atoms with van der Waals surface area (Å²) >= 11 is 6.10. The molecule has 2 aromatic heterocycles. The molecule has 6 rings (SSSR count). The van der Waals surface area contributed by atoms with E-state index < -0.39 is 0 Å². The van der Waals surface area contributed by atoms with Crippen molar-refractivity contribution < 1.29 is 4.74 Å². The van der Waals surface area contributed by atoms with Crippen molar-refractivity contribution in [2.45, 2.75) is 44.9 Å². The zero-order chi connectivity index (χ0) is 21.7. The van der Waals surface area contributed by atoms with Crippen LogP contribution in [0.15, 0.2) is 36.7 Å². The van der Waals surface area contributed by atoms with Gasteiger partial charge in [-0.2, -0.15) is 4.98 Å². The van der Waals surface area contributed by atoms with Gasteiger partial charge in [-0.3, -0.25) is 0 Å². The smallest absolute Gasteiger partial charge is 0.242 e. The maximum atomic E-state index is 6.16. The van der Waals surface area contributed by atoms with E-state index in [1.54, 1.807) is 6.33 Å². The highest BCUT2D eigenvalue weighted by atomic mass is 35.5. The number of nitrogens with zero attached hydrogens (tertiary/aromatic N) is 6. The Labute approximate surface area is 192 Å². The predicted molar refractivity (Wildman–Crippen MR) is 122 cm³/mol. The lowest BCUT2D eigenvalue weighted by atomic mass is 9.92. The zero-order valence-corrected chi connectivity index (χ0v) is 18.7. The standard InChI is InChI=1S/C23H26ClN7O/c1-14-9-20(26-13-25-14)30-11-15-5-6-16(12-30)21(15)27-23-28-22-19(7-8-31(22)29-23)32-18-4-2-3-17(24)10-18/h2-4,9-10,13,15-16,19,21H,5-8,11-12H2,1H3,(H,27,29)/t15-,16+,19-,21-/m1/s1. The summed E-state index contributed by atoms with van der Waals surface area (Å²) in [6.07, 6.45) is 4.86. The number of halogens is 1. The van der Waals surface area contributed by atoms with E-state index in [9.17, 15) is 0 Å². The topological polar surface area (TPSA) is 81.0 Å². The number of nitrogens with one attached hydrogen (secondary N) is 1. The van der Waals surface area contributed by atoms with Crippen molar-refractivity contribution in [2.75, 3.05) is 23.3 Å². The number of benzene rings is 1. The third kappa shape index (κ3) is 3.66. The first-order valence-corrected chi connectivity index (χ1v) is 11.7. The van der Waals surface area contributed by atoms with Crippen LogP contribution in [0, 0.1) is 18.8 Å². The summed E-state index contributed by atoms with van der Waals surface area (Å²) < 4.78 is 8.13. The van der Waals surface area contributed by atoms with E-state index in [2.05, 4.69) is 26.3 Å². The van der Waals surface area contributed by atoms with Gasteiger partial charge in [0, 0.05) is 48.9 Å². The monoisotopic (exact) mass is 451 g/mol. The molecule has 1 saturated carbocycles. The molecule has 2 fully saturated rings. The van der Waals surface area contributed by atoms with Crippen LogP contribution in [0.3, 0.4) is 0 Å². The molecule has 4 atom stereocenters. The molecule has 0 radical (unpaired) electrons. The van der Waals surface area contributed by atoms with Gasteiger partial charge < -0.3 is 15.0 Å². The van der Waals surface area contributed by atoms with E-state index in [0.29, 0.717) is 28.8 Å². The van der Waals surface area contributed by atoms with Crippen LogP contribution in [0.5, 0.6) is 5.75 Å². The third-order valence-corrected chi connectivity index (χ3v) is 7.14. The first-order chi connectivity index (χ1) is 15.6. The van der Waals surface area contributed by atoms with Crippen molar-refractivity contribution in [2.24, 2.45) is 11.8 Å². The summed E-state index contributed by atoms with van der Waals surface area (Å²) in [7, 11) is 0. The fourth-order valence-corrected chi connectivity index (χ4v) is 5.59. The summed E-state index contributed by atoms with van der Waals surface area (Å²) in [5, 5.41) is 9.07. The minimum Gasteiger partial charge on any atom is -0.482 e. The fraction of sp³-hybridized carbons (Fsp3) is 0.478. The fourth-order valence-electron chi connectivity index (χ4n) is 5.41. The lowest BCUT2D eigenvalue weighted by molar-refractivity contribution is 0.203. The number of anilines is 2. The predicted octanol–water partition coefficient (Wildman–Crippen LogP) is 3.88. The minimum absolute atomic E-state index is 0.101. The highest BCUT2D eigenvalue weighted by Gasteiger charge is 2.43. The SMILES string of the molecule is Cc1cc(N2C[C@H]3CC[C@@H](C2)[C@@H]3Nc2nc3n(n2)CC[C@H]3Oc2cccc(Cl)c2)ncn1. The quantitative estimate of drug-likeness (QED) is 0.630. The van der Waals surface area contributed by atoms with Crippen LogP contribution in [0.4, 0.5) is 11.8 Å². The van der Waals surface area contributed by atoms with Gasteiger partial charge >= 0.3 is 0 Å².